The highest BCUT2D eigenvalue weighted by Gasteiger charge is 2.18. The van der Waals surface area contributed by atoms with Gasteiger partial charge in [-0.25, -0.2) is 4.98 Å². The van der Waals surface area contributed by atoms with Crippen LogP contribution in [0.4, 0.5) is 0 Å². The third-order valence-electron chi connectivity index (χ3n) is 2.54. The summed E-state index contributed by atoms with van der Waals surface area (Å²) in [6, 6.07) is 0.481. The van der Waals surface area contributed by atoms with E-state index in [-0.39, 0.29) is 6.61 Å². The van der Waals surface area contributed by atoms with Gasteiger partial charge in [-0.3, -0.25) is 0 Å². The van der Waals surface area contributed by atoms with E-state index in [9.17, 15) is 0 Å². The van der Waals surface area contributed by atoms with E-state index in [0.717, 1.165) is 24.4 Å². The molecule has 1 aliphatic heterocycles. The van der Waals surface area contributed by atoms with Crippen molar-refractivity contribution >= 4 is 11.3 Å². The molecule has 1 aromatic rings. The average Bonchev–Trinajstić information content (AvgIpc) is 2.85. The Labute approximate surface area is 88.2 Å². The highest BCUT2D eigenvalue weighted by atomic mass is 32.1. The number of thiazole rings is 1. The van der Waals surface area contributed by atoms with Crippen molar-refractivity contribution in [2.45, 2.75) is 31.7 Å². The van der Waals surface area contributed by atoms with Crippen molar-refractivity contribution in [2.24, 2.45) is 0 Å². The van der Waals surface area contributed by atoms with Gasteiger partial charge in [-0.1, -0.05) is 0 Å². The van der Waals surface area contributed by atoms with Crippen molar-refractivity contribution in [1.82, 2.24) is 10.3 Å². The van der Waals surface area contributed by atoms with Crippen LogP contribution < -0.4 is 5.32 Å². The number of aliphatic hydroxyl groups excluding tert-OH is 1. The molecule has 4 heteroatoms. The Balaban J connectivity index is 1.94. The van der Waals surface area contributed by atoms with Crippen molar-refractivity contribution in [2.75, 3.05) is 13.2 Å². The zero-order valence-corrected chi connectivity index (χ0v) is 9.02. The quantitative estimate of drug-likeness (QED) is 0.795. The molecule has 1 aliphatic rings. The molecular formula is C10H16N2OS. The molecule has 0 bridgehead atoms. The van der Waals surface area contributed by atoms with Gasteiger partial charge < -0.3 is 10.4 Å². The maximum Gasteiger partial charge on any atom is 0.0929 e. The van der Waals surface area contributed by atoms with Gasteiger partial charge in [0.15, 0.2) is 0 Å². The van der Waals surface area contributed by atoms with E-state index in [2.05, 4.69) is 15.7 Å². The zero-order chi connectivity index (χ0) is 9.80. The predicted molar refractivity (Wildman–Crippen MR) is 57.5 cm³/mol. The third kappa shape index (κ3) is 2.32. The Morgan fingerprint density at radius 2 is 2.57 bits per heavy atom. The highest BCUT2D eigenvalue weighted by Crippen LogP contribution is 2.24. The maximum atomic E-state index is 8.71. The number of aromatic nitrogens is 1. The number of nitrogens with zero attached hydrogens (tertiary/aromatic N) is 1. The Bertz CT molecular complexity index is 281. The van der Waals surface area contributed by atoms with Gasteiger partial charge >= 0.3 is 0 Å². The second-order valence-corrected chi connectivity index (χ2v) is 4.58. The molecule has 1 fully saturated rings. The average molecular weight is 212 g/mol. The number of hydrogen-bond donors (Lipinski definition) is 2. The van der Waals surface area contributed by atoms with Crippen LogP contribution in [-0.2, 0) is 6.42 Å². The standard InChI is InChI=1S/C10H16N2OS/c13-6-2-4-10-12-9(7-14-10)8-3-1-5-11-8/h7-8,11,13H,1-6H2. The molecule has 1 atom stereocenters. The van der Waals surface area contributed by atoms with Crippen molar-refractivity contribution in [3.8, 4) is 0 Å². The van der Waals surface area contributed by atoms with E-state index >= 15 is 0 Å². The molecule has 1 aromatic heterocycles. The summed E-state index contributed by atoms with van der Waals surface area (Å²) >= 11 is 1.71. The topological polar surface area (TPSA) is 45.2 Å². The Hall–Kier alpha value is -0.450. The second-order valence-electron chi connectivity index (χ2n) is 3.64. The van der Waals surface area contributed by atoms with Crippen molar-refractivity contribution in [3.63, 3.8) is 0 Å². The molecule has 2 N–H and O–H groups in total. The zero-order valence-electron chi connectivity index (χ0n) is 8.20. The largest absolute Gasteiger partial charge is 0.396 e. The first kappa shape index (κ1) is 10.1. The van der Waals surface area contributed by atoms with Crippen molar-refractivity contribution < 1.29 is 5.11 Å². The predicted octanol–water partition coefficient (Wildman–Crippen LogP) is 1.49. The second kappa shape index (κ2) is 4.87. The van der Waals surface area contributed by atoms with Crippen LogP contribution in [0.15, 0.2) is 5.38 Å². The first-order chi connectivity index (χ1) is 6.90. The summed E-state index contributed by atoms with van der Waals surface area (Å²) in [4.78, 5) is 4.57. The lowest BCUT2D eigenvalue weighted by Crippen LogP contribution is -2.13. The summed E-state index contributed by atoms with van der Waals surface area (Å²) in [7, 11) is 0. The van der Waals surface area contributed by atoms with Gasteiger partial charge in [-0.15, -0.1) is 11.3 Å². The Morgan fingerprint density at radius 3 is 3.29 bits per heavy atom. The first-order valence-electron chi connectivity index (χ1n) is 5.18. The summed E-state index contributed by atoms with van der Waals surface area (Å²) in [5.41, 5.74) is 1.19. The van der Waals surface area contributed by atoms with Crippen LogP contribution in [0.3, 0.4) is 0 Å². The minimum Gasteiger partial charge on any atom is -0.396 e. The molecule has 78 valence electrons. The van der Waals surface area contributed by atoms with E-state index < -0.39 is 0 Å². The normalized spacial score (nSPS) is 21.6. The fourth-order valence-corrected chi connectivity index (χ4v) is 2.66. The molecule has 1 saturated heterocycles. The Morgan fingerprint density at radius 1 is 1.64 bits per heavy atom. The summed E-state index contributed by atoms with van der Waals surface area (Å²) in [5, 5.41) is 15.5. The maximum absolute atomic E-state index is 8.71. The fraction of sp³-hybridized carbons (Fsp3) is 0.700. The lowest BCUT2D eigenvalue weighted by atomic mass is 10.2. The van der Waals surface area contributed by atoms with E-state index in [1.807, 2.05) is 0 Å². The van der Waals surface area contributed by atoms with Crippen LogP contribution in [-0.4, -0.2) is 23.2 Å². The number of nitrogens with one attached hydrogen (secondary N) is 1. The van der Waals surface area contributed by atoms with Crippen LogP contribution in [0.5, 0.6) is 0 Å². The molecule has 2 heterocycles. The third-order valence-corrected chi connectivity index (χ3v) is 3.46. The van der Waals surface area contributed by atoms with E-state index in [0.29, 0.717) is 6.04 Å². The monoisotopic (exact) mass is 212 g/mol. The lowest BCUT2D eigenvalue weighted by Gasteiger charge is -2.04. The van der Waals surface area contributed by atoms with Gasteiger partial charge in [0.05, 0.1) is 16.7 Å². The fourth-order valence-electron chi connectivity index (χ4n) is 1.77. The van der Waals surface area contributed by atoms with Crippen LogP contribution in [0, 0.1) is 0 Å². The van der Waals surface area contributed by atoms with E-state index in [4.69, 9.17) is 5.11 Å². The van der Waals surface area contributed by atoms with Gasteiger partial charge in [0.1, 0.15) is 0 Å². The molecule has 1 unspecified atom stereocenters. The number of aliphatic hydroxyl groups is 1. The first-order valence-corrected chi connectivity index (χ1v) is 6.06. The lowest BCUT2D eigenvalue weighted by molar-refractivity contribution is 0.288. The SMILES string of the molecule is OCCCc1nc(C2CCCN2)cs1. The van der Waals surface area contributed by atoms with Gasteiger partial charge in [-0.2, -0.15) is 0 Å². The molecule has 0 saturated carbocycles. The molecule has 0 amide bonds. The number of hydrogen-bond acceptors (Lipinski definition) is 4. The van der Waals surface area contributed by atoms with Crippen molar-refractivity contribution in [3.05, 3.63) is 16.1 Å². The molecule has 0 radical (unpaired) electrons. The Kier molecular flexibility index (Phi) is 3.50. The van der Waals surface area contributed by atoms with Gasteiger partial charge in [0.2, 0.25) is 0 Å². The van der Waals surface area contributed by atoms with Gasteiger partial charge in [0.25, 0.3) is 0 Å². The van der Waals surface area contributed by atoms with Crippen molar-refractivity contribution in [1.29, 1.82) is 0 Å². The molecule has 3 nitrogen and oxygen atoms in total. The molecule has 0 aromatic carbocycles. The minimum absolute atomic E-state index is 0.261. The summed E-state index contributed by atoms with van der Waals surface area (Å²) < 4.78 is 0. The van der Waals surface area contributed by atoms with Gasteiger partial charge in [0, 0.05) is 18.4 Å². The number of aryl methyl sites for hydroxylation is 1. The minimum atomic E-state index is 0.261. The summed E-state index contributed by atoms with van der Waals surface area (Å²) in [6.45, 7) is 1.38. The summed E-state index contributed by atoms with van der Waals surface area (Å²) in [6.07, 6.45) is 4.20. The van der Waals surface area contributed by atoms with Crippen LogP contribution >= 0.6 is 11.3 Å². The van der Waals surface area contributed by atoms with Gasteiger partial charge in [-0.05, 0) is 25.8 Å². The van der Waals surface area contributed by atoms with Crippen LogP contribution in [0.25, 0.3) is 0 Å². The molecule has 14 heavy (non-hydrogen) atoms. The van der Waals surface area contributed by atoms with Crippen LogP contribution in [0.2, 0.25) is 0 Å². The highest BCUT2D eigenvalue weighted by molar-refractivity contribution is 7.09. The molecule has 0 spiro atoms. The number of rotatable bonds is 4. The van der Waals surface area contributed by atoms with Crippen LogP contribution in [0.1, 0.15) is 36.0 Å². The van der Waals surface area contributed by atoms with E-state index in [1.165, 1.54) is 18.5 Å². The smallest absolute Gasteiger partial charge is 0.0929 e. The van der Waals surface area contributed by atoms with E-state index in [1.54, 1.807) is 11.3 Å². The summed E-state index contributed by atoms with van der Waals surface area (Å²) in [5.74, 6) is 0. The molecule has 2 rings (SSSR count). The molecular weight excluding hydrogens is 196 g/mol. The molecule has 0 aliphatic carbocycles.